The van der Waals surface area contributed by atoms with Crippen LogP contribution in [0.4, 0.5) is 8.78 Å². The Bertz CT molecular complexity index is 703. The Balaban J connectivity index is 1.90. The molecule has 0 saturated carbocycles. The minimum Gasteiger partial charge on any atom is -0.241 e. The molecule has 0 amide bonds. The van der Waals surface area contributed by atoms with Gasteiger partial charge in [0, 0.05) is 12.0 Å². The van der Waals surface area contributed by atoms with Gasteiger partial charge < -0.3 is 0 Å². The second kappa shape index (κ2) is 5.46. The minimum atomic E-state index is -0.767. The number of hydrogen-bond acceptors (Lipinski definition) is 2. The molecule has 3 rings (SSSR count). The highest BCUT2D eigenvalue weighted by Gasteiger charge is 2.19. The molecule has 0 fully saturated rings. The molecule has 0 aliphatic heterocycles. The molecule has 3 aromatic rings. The van der Waals surface area contributed by atoms with Gasteiger partial charge in [0.05, 0.1) is 20.6 Å². The van der Waals surface area contributed by atoms with Crippen LogP contribution in [0.15, 0.2) is 42.5 Å². The molecular weight excluding hydrogens is 300 g/mol. The van der Waals surface area contributed by atoms with Crippen molar-refractivity contribution in [1.29, 1.82) is 0 Å². The average molecular weight is 310 g/mol. The Morgan fingerprint density at radius 1 is 1.05 bits per heavy atom. The van der Waals surface area contributed by atoms with E-state index in [0.29, 0.717) is 6.42 Å². The molecule has 0 aliphatic carbocycles. The summed E-state index contributed by atoms with van der Waals surface area (Å²) in [5.41, 5.74) is 0.791. The van der Waals surface area contributed by atoms with E-state index in [2.05, 4.69) is 4.98 Å². The normalized spacial score (nSPS) is 12.8. The molecule has 0 spiro atoms. The highest BCUT2D eigenvalue weighted by molar-refractivity contribution is 7.18. The molecule has 0 radical (unpaired) electrons. The van der Waals surface area contributed by atoms with E-state index in [1.807, 2.05) is 24.3 Å². The van der Waals surface area contributed by atoms with Gasteiger partial charge in [0.15, 0.2) is 0 Å². The first-order valence-corrected chi connectivity index (χ1v) is 7.33. The zero-order valence-electron chi connectivity index (χ0n) is 10.3. The summed E-state index contributed by atoms with van der Waals surface area (Å²) in [6.45, 7) is 0. The lowest BCUT2D eigenvalue weighted by Crippen LogP contribution is -2.02. The molecule has 0 saturated heterocycles. The van der Waals surface area contributed by atoms with Crippen LogP contribution in [0, 0.1) is 11.6 Å². The molecule has 1 nitrogen and oxygen atoms in total. The van der Waals surface area contributed by atoms with Crippen molar-refractivity contribution in [2.75, 3.05) is 0 Å². The summed E-state index contributed by atoms with van der Waals surface area (Å²) in [4.78, 5) is 4.43. The molecule has 5 heteroatoms. The zero-order chi connectivity index (χ0) is 14.1. The van der Waals surface area contributed by atoms with E-state index in [9.17, 15) is 8.78 Å². The van der Waals surface area contributed by atoms with Crippen LogP contribution in [-0.2, 0) is 6.42 Å². The predicted octanol–water partition coefficient (Wildman–Crippen LogP) is 5.10. The van der Waals surface area contributed by atoms with E-state index >= 15 is 0 Å². The fourth-order valence-corrected chi connectivity index (χ4v) is 3.53. The summed E-state index contributed by atoms with van der Waals surface area (Å²) in [5, 5.41) is 0.00520. The van der Waals surface area contributed by atoms with Crippen LogP contribution in [0.1, 0.15) is 15.9 Å². The second-order valence-electron chi connectivity index (χ2n) is 4.38. The maximum absolute atomic E-state index is 13.7. The number of benzene rings is 2. The third kappa shape index (κ3) is 2.53. The van der Waals surface area contributed by atoms with Crippen LogP contribution in [0.25, 0.3) is 10.2 Å². The topological polar surface area (TPSA) is 12.9 Å². The minimum absolute atomic E-state index is 0.0894. The van der Waals surface area contributed by atoms with E-state index < -0.39 is 17.0 Å². The van der Waals surface area contributed by atoms with Crippen LogP contribution < -0.4 is 0 Å². The number of alkyl halides is 1. The smallest absolute Gasteiger partial charge is 0.130 e. The lowest BCUT2D eigenvalue weighted by atomic mass is 10.1. The molecular formula is C15H10ClF2NS. The fourth-order valence-electron chi connectivity index (χ4n) is 2.07. The largest absolute Gasteiger partial charge is 0.241 e. The van der Waals surface area contributed by atoms with E-state index in [4.69, 9.17) is 11.6 Å². The number of fused-ring (bicyclic) bond motifs is 1. The number of para-hydroxylation sites is 1. The number of rotatable bonds is 3. The number of halogens is 3. The highest BCUT2D eigenvalue weighted by Crippen LogP contribution is 2.32. The van der Waals surface area contributed by atoms with Gasteiger partial charge in [-0.25, -0.2) is 13.8 Å². The number of aromatic nitrogens is 1. The quantitative estimate of drug-likeness (QED) is 0.614. The van der Waals surface area contributed by atoms with Crippen LogP contribution in [0.3, 0.4) is 0 Å². The molecule has 1 atom stereocenters. The summed E-state index contributed by atoms with van der Waals surface area (Å²) in [6, 6.07) is 11.5. The van der Waals surface area contributed by atoms with E-state index in [1.54, 1.807) is 0 Å². The number of thiazole rings is 1. The Morgan fingerprint density at radius 3 is 2.45 bits per heavy atom. The zero-order valence-corrected chi connectivity index (χ0v) is 11.9. The van der Waals surface area contributed by atoms with E-state index in [-0.39, 0.29) is 5.56 Å². The monoisotopic (exact) mass is 309 g/mol. The van der Waals surface area contributed by atoms with Gasteiger partial charge in [-0.1, -0.05) is 18.2 Å². The first kappa shape index (κ1) is 13.5. The fraction of sp³-hybridized carbons (Fsp3) is 0.133. The van der Waals surface area contributed by atoms with Crippen LogP contribution in [0.5, 0.6) is 0 Å². The summed E-state index contributed by atoms with van der Waals surface area (Å²) >= 11 is 7.66. The SMILES string of the molecule is Fc1cccc(F)c1C(Cl)Cc1nc2ccccc2s1. The third-order valence-electron chi connectivity index (χ3n) is 3.00. The Kier molecular flexibility index (Phi) is 3.68. The molecule has 1 aromatic heterocycles. The standard InChI is InChI=1S/C15H10ClF2NS/c16-9(15-10(17)4-3-5-11(15)18)8-14-19-12-6-1-2-7-13(12)20-14/h1-7,9H,8H2. The highest BCUT2D eigenvalue weighted by atomic mass is 35.5. The predicted molar refractivity (Wildman–Crippen MR) is 78.3 cm³/mol. The Labute approximate surface area is 123 Å². The van der Waals surface area contributed by atoms with Gasteiger partial charge in [0.1, 0.15) is 11.6 Å². The number of hydrogen-bond donors (Lipinski definition) is 0. The van der Waals surface area contributed by atoms with Crippen molar-refractivity contribution in [1.82, 2.24) is 4.98 Å². The third-order valence-corrected chi connectivity index (χ3v) is 4.44. The lowest BCUT2D eigenvalue weighted by molar-refractivity contribution is 0.551. The van der Waals surface area contributed by atoms with Crippen molar-refractivity contribution in [2.24, 2.45) is 0 Å². The van der Waals surface area contributed by atoms with E-state index in [0.717, 1.165) is 15.2 Å². The van der Waals surface area contributed by atoms with Crippen LogP contribution in [0.2, 0.25) is 0 Å². The first-order chi connectivity index (χ1) is 9.65. The summed E-state index contributed by atoms with van der Waals surface area (Å²) in [5.74, 6) is -1.24. The summed E-state index contributed by atoms with van der Waals surface area (Å²) < 4.78 is 28.4. The van der Waals surface area contributed by atoms with Crippen molar-refractivity contribution >= 4 is 33.2 Å². The molecule has 1 heterocycles. The van der Waals surface area contributed by atoms with Gasteiger partial charge in [-0.15, -0.1) is 22.9 Å². The van der Waals surface area contributed by atoms with Crippen molar-refractivity contribution in [3.63, 3.8) is 0 Å². The molecule has 20 heavy (non-hydrogen) atoms. The van der Waals surface area contributed by atoms with Gasteiger partial charge in [0.2, 0.25) is 0 Å². The second-order valence-corrected chi connectivity index (χ2v) is 6.02. The number of nitrogens with zero attached hydrogens (tertiary/aromatic N) is 1. The molecule has 2 aromatic carbocycles. The molecule has 1 unspecified atom stereocenters. The maximum atomic E-state index is 13.7. The first-order valence-electron chi connectivity index (χ1n) is 6.07. The van der Waals surface area contributed by atoms with Gasteiger partial charge >= 0.3 is 0 Å². The van der Waals surface area contributed by atoms with Crippen molar-refractivity contribution in [2.45, 2.75) is 11.8 Å². The van der Waals surface area contributed by atoms with Gasteiger partial charge in [-0.3, -0.25) is 0 Å². The molecule has 102 valence electrons. The van der Waals surface area contributed by atoms with Gasteiger partial charge in [0.25, 0.3) is 0 Å². The van der Waals surface area contributed by atoms with Crippen LogP contribution in [-0.4, -0.2) is 4.98 Å². The molecule has 0 aliphatic rings. The van der Waals surface area contributed by atoms with Crippen molar-refractivity contribution in [3.8, 4) is 0 Å². The Hall–Kier alpha value is -1.52. The van der Waals surface area contributed by atoms with E-state index in [1.165, 1.54) is 29.5 Å². The molecule has 0 N–H and O–H groups in total. The summed E-state index contributed by atoms with van der Waals surface area (Å²) in [6.07, 6.45) is 0.304. The molecule has 0 bridgehead atoms. The maximum Gasteiger partial charge on any atom is 0.130 e. The van der Waals surface area contributed by atoms with Crippen LogP contribution >= 0.6 is 22.9 Å². The van der Waals surface area contributed by atoms with Gasteiger partial charge in [-0.2, -0.15) is 0 Å². The average Bonchev–Trinajstić information content (AvgIpc) is 2.80. The lowest BCUT2D eigenvalue weighted by Gasteiger charge is -2.10. The summed E-state index contributed by atoms with van der Waals surface area (Å²) in [7, 11) is 0. The van der Waals surface area contributed by atoms with Crippen molar-refractivity contribution < 1.29 is 8.78 Å². The van der Waals surface area contributed by atoms with Gasteiger partial charge in [-0.05, 0) is 24.3 Å². The Morgan fingerprint density at radius 2 is 1.75 bits per heavy atom. The van der Waals surface area contributed by atoms with Crippen molar-refractivity contribution in [3.05, 3.63) is 64.7 Å².